The Labute approximate surface area is 121 Å². The predicted octanol–water partition coefficient (Wildman–Crippen LogP) is 1.41. The number of thioether (sulfide) groups is 1. The van der Waals surface area contributed by atoms with E-state index in [1.165, 1.54) is 11.8 Å². The molecule has 0 saturated carbocycles. The van der Waals surface area contributed by atoms with Gasteiger partial charge in [0.15, 0.2) is 5.16 Å². The first-order chi connectivity index (χ1) is 9.06. The normalized spacial score (nSPS) is 12.0. The second-order valence-corrected chi connectivity index (χ2v) is 4.87. The van der Waals surface area contributed by atoms with E-state index in [-0.39, 0.29) is 5.91 Å². The molecule has 0 aliphatic heterocycles. The number of methoxy groups -OCH3 is 1. The standard InChI is InChI=1S/C11H17ClN4O2S/c1-7(10(17)13-4-5-18-2)14-9-6-8(12)15-11(16-9)19-3/h6-7H,4-5H2,1-3H3,(H,13,17)(H,14,15,16). The van der Waals surface area contributed by atoms with Gasteiger partial charge in [-0.25, -0.2) is 9.97 Å². The largest absolute Gasteiger partial charge is 0.383 e. The van der Waals surface area contributed by atoms with E-state index in [1.54, 1.807) is 20.1 Å². The third-order valence-electron chi connectivity index (χ3n) is 2.22. The lowest BCUT2D eigenvalue weighted by Gasteiger charge is -2.14. The zero-order valence-electron chi connectivity index (χ0n) is 11.1. The van der Waals surface area contributed by atoms with E-state index in [0.29, 0.717) is 29.3 Å². The van der Waals surface area contributed by atoms with Crippen LogP contribution in [0.5, 0.6) is 0 Å². The fourth-order valence-corrected chi connectivity index (χ4v) is 1.89. The van der Waals surface area contributed by atoms with Crippen LogP contribution in [0.4, 0.5) is 5.82 Å². The van der Waals surface area contributed by atoms with Crippen LogP contribution in [0.1, 0.15) is 6.92 Å². The molecule has 6 nitrogen and oxygen atoms in total. The molecule has 1 amide bonds. The molecule has 0 aromatic carbocycles. The van der Waals surface area contributed by atoms with E-state index in [9.17, 15) is 4.79 Å². The van der Waals surface area contributed by atoms with Gasteiger partial charge in [-0.1, -0.05) is 23.4 Å². The van der Waals surface area contributed by atoms with Gasteiger partial charge in [-0.3, -0.25) is 4.79 Å². The average Bonchev–Trinajstić information content (AvgIpc) is 2.38. The van der Waals surface area contributed by atoms with Crippen LogP contribution in [-0.4, -0.2) is 48.4 Å². The Kier molecular flexibility index (Phi) is 6.90. The molecule has 1 heterocycles. The fraction of sp³-hybridized carbons (Fsp3) is 0.545. The molecule has 0 spiro atoms. The van der Waals surface area contributed by atoms with Crippen LogP contribution in [0.25, 0.3) is 0 Å². The van der Waals surface area contributed by atoms with Gasteiger partial charge in [0, 0.05) is 19.7 Å². The highest BCUT2D eigenvalue weighted by molar-refractivity contribution is 7.98. The highest BCUT2D eigenvalue weighted by Gasteiger charge is 2.13. The Bertz CT molecular complexity index is 433. The van der Waals surface area contributed by atoms with Crippen LogP contribution in [0.3, 0.4) is 0 Å². The third kappa shape index (κ3) is 5.63. The van der Waals surface area contributed by atoms with E-state index in [2.05, 4.69) is 20.6 Å². The van der Waals surface area contributed by atoms with Crippen LogP contribution in [0, 0.1) is 0 Å². The zero-order chi connectivity index (χ0) is 14.3. The Morgan fingerprint density at radius 3 is 2.95 bits per heavy atom. The second kappa shape index (κ2) is 8.19. The van der Waals surface area contributed by atoms with Crippen LogP contribution >= 0.6 is 23.4 Å². The number of halogens is 1. The molecule has 1 rings (SSSR count). The molecular weight excluding hydrogens is 288 g/mol. The Morgan fingerprint density at radius 1 is 1.58 bits per heavy atom. The monoisotopic (exact) mass is 304 g/mol. The summed E-state index contributed by atoms with van der Waals surface area (Å²) >= 11 is 7.26. The number of carbonyl (C=O) groups is 1. The first-order valence-corrected chi connectivity index (χ1v) is 7.29. The van der Waals surface area contributed by atoms with Crippen molar-refractivity contribution in [2.45, 2.75) is 18.1 Å². The van der Waals surface area contributed by atoms with Gasteiger partial charge in [0.25, 0.3) is 0 Å². The van der Waals surface area contributed by atoms with Gasteiger partial charge in [-0.2, -0.15) is 0 Å². The van der Waals surface area contributed by atoms with Crippen molar-refractivity contribution in [3.05, 3.63) is 11.2 Å². The van der Waals surface area contributed by atoms with Crippen LogP contribution in [0.2, 0.25) is 5.15 Å². The summed E-state index contributed by atoms with van der Waals surface area (Å²) in [6.07, 6.45) is 1.86. The molecule has 1 unspecified atom stereocenters. The molecule has 1 aromatic rings. The Balaban J connectivity index is 2.58. The minimum atomic E-state index is -0.419. The summed E-state index contributed by atoms with van der Waals surface area (Å²) < 4.78 is 4.86. The van der Waals surface area contributed by atoms with Crippen LogP contribution in [0.15, 0.2) is 11.2 Å². The molecule has 106 valence electrons. The fourth-order valence-electron chi connectivity index (χ4n) is 1.28. The van der Waals surface area contributed by atoms with Gasteiger partial charge in [-0.05, 0) is 13.2 Å². The number of ether oxygens (including phenoxy) is 1. The predicted molar refractivity (Wildman–Crippen MR) is 76.8 cm³/mol. The number of nitrogens with one attached hydrogen (secondary N) is 2. The quantitative estimate of drug-likeness (QED) is 0.343. The summed E-state index contributed by atoms with van der Waals surface area (Å²) in [5.74, 6) is 0.399. The summed E-state index contributed by atoms with van der Waals surface area (Å²) in [5, 5.41) is 6.62. The maximum absolute atomic E-state index is 11.8. The molecule has 1 aromatic heterocycles. The number of anilines is 1. The van der Waals surface area contributed by atoms with Crippen molar-refractivity contribution in [1.29, 1.82) is 0 Å². The van der Waals surface area contributed by atoms with Gasteiger partial charge in [0.2, 0.25) is 5.91 Å². The summed E-state index contributed by atoms with van der Waals surface area (Å²) in [6.45, 7) is 2.70. The molecular formula is C11H17ClN4O2S. The van der Waals surface area contributed by atoms with Crippen LogP contribution in [-0.2, 0) is 9.53 Å². The number of aromatic nitrogens is 2. The molecule has 0 aliphatic rings. The molecule has 0 fully saturated rings. The number of hydrogen-bond acceptors (Lipinski definition) is 6. The zero-order valence-corrected chi connectivity index (χ0v) is 12.6. The smallest absolute Gasteiger partial charge is 0.242 e. The molecule has 2 N–H and O–H groups in total. The number of nitrogens with zero attached hydrogens (tertiary/aromatic N) is 2. The van der Waals surface area contributed by atoms with Crippen molar-refractivity contribution >= 4 is 35.1 Å². The highest BCUT2D eigenvalue weighted by atomic mass is 35.5. The summed E-state index contributed by atoms with van der Waals surface area (Å²) in [5.41, 5.74) is 0. The summed E-state index contributed by atoms with van der Waals surface area (Å²) in [6, 6.07) is 1.16. The number of hydrogen-bond donors (Lipinski definition) is 2. The van der Waals surface area contributed by atoms with E-state index >= 15 is 0 Å². The molecule has 0 bridgehead atoms. The van der Waals surface area contributed by atoms with Gasteiger partial charge in [0.1, 0.15) is 17.0 Å². The minimum absolute atomic E-state index is 0.127. The van der Waals surface area contributed by atoms with Crippen molar-refractivity contribution in [3.8, 4) is 0 Å². The molecule has 0 aliphatic carbocycles. The summed E-state index contributed by atoms with van der Waals surface area (Å²) in [7, 11) is 1.58. The Hall–Kier alpha value is -1.05. The van der Waals surface area contributed by atoms with Crippen molar-refractivity contribution in [3.63, 3.8) is 0 Å². The number of rotatable bonds is 7. The number of amides is 1. The van der Waals surface area contributed by atoms with Crippen molar-refractivity contribution in [2.24, 2.45) is 0 Å². The van der Waals surface area contributed by atoms with Crippen molar-refractivity contribution in [1.82, 2.24) is 15.3 Å². The Morgan fingerprint density at radius 2 is 2.32 bits per heavy atom. The third-order valence-corrected chi connectivity index (χ3v) is 2.96. The lowest BCUT2D eigenvalue weighted by Crippen LogP contribution is -2.39. The maximum Gasteiger partial charge on any atom is 0.242 e. The van der Waals surface area contributed by atoms with Crippen molar-refractivity contribution < 1.29 is 9.53 Å². The molecule has 19 heavy (non-hydrogen) atoms. The second-order valence-electron chi connectivity index (χ2n) is 3.71. The first-order valence-electron chi connectivity index (χ1n) is 5.68. The minimum Gasteiger partial charge on any atom is -0.383 e. The van der Waals surface area contributed by atoms with E-state index in [1.807, 2.05) is 6.26 Å². The van der Waals surface area contributed by atoms with Gasteiger partial charge in [-0.15, -0.1) is 0 Å². The number of carbonyl (C=O) groups excluding carboxylic acids is 1. The lowest BCUT2D eigenvalue weighted by atomic mass is 10.3. The molecule has 8 heteroatoms. The maximum atomic E-state index is 11.8. The van der Waals surface area contributed by atoms with Crippen LogP contribution < -0.4 is 10.6 Å². The molecule has 1 atom stereocenters. The van der Waals surface area contributed by atoms with E-state index in [0.717, 1.165) is 0 Å². The molecule has 0 saturated heterocycles. The lowest BCUT2D eigenvalue weighted by molar-refractivity contribution is -0.121. The van der Waals surface area contributed by atoms with Gasteiger partial charge in [0.05, 0.1) is 6.61 Å². The van der Waals surface area contributed by atoms with E-state index < -0.39 is 6.04 Å². The summed E-state index contributed by atoms with van der Waals surface area (Å²) in [4.78, 5) is 20.0. The SMILES string of the molecule is COCCNC(=O)C(C)Nc1cc(Cl)nc(SC)n1. The van der Waals surface area contributed by atoms with Gasteiger partial charge >= 0.3 is 0 Å². The first kappa shape index (κ1) is 16.0. The highest BCUT2D eigenvalue weighted by Crippen LogP contribution is 2.17. The average molecular weight is 305 g/mol. The van der Waals surface area contributed by atoms with Crippen molar-refractivity contribution in [2.75, 3.05) is 31.8 Å². The topological polar surface area (TPSA) is 76.1 Å². The molecule has 0 radical (unpaired) electrons. The van der Waals surface area contributed by atoms with E-state index in [4.69, 9.17) is 16.3 Å². The van der Waals surface area contributed by atoms with Gasteiger partial charge < -0.3 is 15.4 Å².